The molecule has 5 nitrogen and oxygen atoms in total. The Morgan fingerprint density at radius 3 is 2.76 bits per heavy atom. The van der Waals surface area contributed by atoms with Crippen LogP contribution in [0.5, 0.6) is 0 Å². The van der Waals surface area contributed by atoms with Gasteiger partial charge in [-0.25, -0.2) is 4.79 Å². The number of carbonyl (C=O) groups is 2. The average Bonchev–Trinajstić information content (AvgIpc) is 2.29. The van der Waals surface area contributed by atoms with Gasteiger partial charge in [-0.05, 0) is 32.0 Å². The lowest BCUT2D eigenvalue weighted by Crippen LogP contribution is -2.32. The van der Waals surface area contributed by atoms with Gasteiger partial charge in [-0.2, -0.15) is 0 Å². The van der Waals surface area contributed by atoms with Crippen molar-refractivity contribution < 1.29 is 14.3 Å². The van der Waals surface area contributed by atoms with Crippen molar-refractivity contribution in [2.45, 2.75) is 19.9 Å². The molecule has 0 heterocycles. The molecule has 0 spiro atoms. The van der Waals surface area contributed by atoms with E-state index < -0.39 is 12.0 Å². The number of amides is 1. The summed E-state index contributed by atoms with van der Waals surface area (Å²) in [6, 6.07) is 5.94. The molecule has 0 aliphatic rings. The van der Waals surface area contributed by atoms with Gasteiger partial charge in [0, 0.05) is 5.69 Å². The summed E-state index contributed by atoms with van der Waals surface area (Å²) in [7, 11) is 0. The summed E-state index contributed by atoms with van der Waals surface area (Å²) in [6.45, 7) is 3.64. The van der Waals surface area contributed by atoms with E-state index in [0.717, 1.165) is 0 Å². The number of ether oxygens (including phenoxy) is 1. The Kier molecular flexibility index (Phi) is 4.66. The number of nitrogens with one attached hydrogen (secondary N) is 1. The fourth-order valence-corrected chi connectivity index (χ4v) is 1.19. The fraction of sp³-hybridized carbons (Fsp3) is 0.333. The fourth-order valence-electron chi connectivity index (χ4n) is 1.19. The number of hydrogen-bond donors (Lipinski definition) is 2. The Balaban J connectivity index is 2.79. The Labute approximate surface area is 99.9 Å². The van der Waals surface area contributed by atoms with Crippen LogP contribution in [0.2, 0.25) is 0 Å². The average molecular weight is 236 g/mol. The zero-order chi connectivity index (χ0) is 12.8. The first-order valence-electron chi connectivity index (χ1n) is 5.38. The van der Waals surface area contributed by atoms with Crippen LogP contribution in [0.4, 0.5) is 5.69 Å². The Morgan fingerprint density at radius 1 is 1.47 bits per heavy atom. The maximum absolute atomic E-state index is 11.5. The highest BCUT2D eigenvalue weighted by molar-refractivity contribution is 5.96. The van der Waals surface area contributed by atoms with E-state index in [1.54, 1.807) is 38.1 Å². The van der Waals surface area contributed by atoms with E-state index in [0.29, 0.717) is 17.9 Å². The van der Waals surface area contributed by atoms with Crippen molar-refractivity contribution in [1.29, 1.82) is 0 Å². The number of anilines is 1. The van der Waals surface area contributed by atoms with Gasteiger partial charge in [-0.1, -0.05) is 6.07 Å². The summed E-state index contributed by atoms with van der Waals surface area (Å²) in [6.07, 6.45) is 0. The number of esters is 1. The van der Waals surface area contributed by atoms with Gasteiger partial charge in [0.2, 0.25) is 5.91 Å². The molecular weight excluding hydrogens is 220 g/mol. The van der Waals surface area contributed by atoms with Crippen molar-refractivity contribution in [1.82, 2.24) is 0 Å². The van der Waals surface area contributed by atoms with Crippen LogP contribution >= 0.6 is 0 Å². The minimum Gasteiger partial charge on any atom is -0.462 e. The number of nitrogens with two attached hydrogens (primary N) is 1. The van der Waals surface area contributed by atoms with Gasteiger partial charge in [-0.3, -0.25) is 4.79 Å². The summed E-state index contributed by atoms with van der Waals surface area (Å²) in [5.74, 6) is -0.713. The third-order valence-corrected chi connectivity index (χ3v) is 2.05. The number of rotatable bonds is 4. The maximum atomic E-state index is 11.5. The largest absolute Gasteiger partial charge is 0.462 e. The molecule has 0 saturated heterocycles. The van der Waals surface area contributed by atoms with Gasteiger partial charge in [0.05, 0.1) is 18.2 Å². The lowest BCUT2D eigenvalue weighted by Gasteiger charge is -2.08. The highest BCUT2D eigenvalue weighted by Crippen LogP contribution is 2.11. The number of benzene rings is 1. The second-order valence-electron chi connectivity index (χ2n) is 3.58. The van der Waals surface area contributed by atoms with E-state index in [2.05, 4.69) is 5.32 Å². The third-order valence-electron chi connectivity index (χ3n) is 2.05. The molecule has 1 atom stereocenters. The van der Waals surface area contributed by atoms with Crippen LogP contribution < -0.4 is 11.1 Å². The van der Waals surface area contributed by atoms with Crippen molar-refractivity contribution in [3.05, 3.63) is 29.8 Å². The second kappa shape index (κ2) is 6.00. The highest BCUT2D eigenvalue weighted by Gasteiger charge is 2.10. The summed E-state index contributed by atoms with van der Waals surface area (Å²) < 4.78 is 4.86. The SMILES string of the molecule is CCOC(=O)c1cccc(NC(=O)C(C)N)c1. The molecule has 0 radical (unpaired) electrons. The van der Waals surface area contributed by atoms with Gasteiger partial charge in [-0.15, -0.1) is 0 Å². The molecule has 92 valence electrons. The first-order valence-corrected chi connectivity index (χ1v) is 5.38. The molecule has 1 rings (SSSR count). The zero-order valence-electron chi connectivity index (χ0n) is 9.90. The van der Waals surface area contributed by atoms with Crippen LogP contribution in [-0.2, 0) is 9.53 Å². The predicted molar refractivity (Wildman–Crippen MR) is 64.7 cm³/mol. The van der Waals surface area contributed by atoms with E-state index in [1.165, 1.54) is 0 Å². The van der Waals surface area contributed by atoms with Gasteiger partial charge in [0.15, 0.2) is 0 Å². The van der Waals surface area contributed by atoms with Crippen molar-refractivity contribution in [3.63, 3.8) is 0 Å². The first-order chi connectivity index (χ1) is 8.04. The van der Waals surface area contributed by atoms with Gasteiger partial charge >= 0.3 is 5.97 Å². The molecule has 1 unspecified atom stereocenters. The first kappa shape index (κ1) is 13.2. The second-order valence-corrected chi connectivity index (χ2v) is 3.58. The van der Waals surface area contributed by atoms with Crippen molar-refractivity contribution in [2.75, 3.05) is 11.9 Å². The Morgan fingerprint density at radius 2 is 2.18 bits per heavy atom. The van der Waals surface area contributed by atoms with Crippen LogP contribution in [0, 0.1) is 0 Å². The standard InChI is InChI=1S/C12H16N2O3/c1-3-17-12(16)9-5-4-6-10(7-9)14-11(15)8(2)13/h4-8H,3,13H2,1-2H3,(H,14,15). The van der Waals surface area contributed by atoms with E-state index in [1.807, 2.05) is 0 Å². The molecule has 1 amide bonds. The van der Waals surface area contributed by atoms with Gasteiger partial charge in [0.25, 0.3) is 0 Å². The number of hydrogen-bond acceptors (Lipinski definition) is 4. The summed E-state index contributed by atoms with van der Waals surface area (Å²) in [5.41, 5.74) is 6.35. The summed E-state index contributed by atoms with van der Waals surface area (Å²) >= 11 is 0. The molecule has 0 aromatic heterocycles. The molecule has 0 aliphatic heterocycles. The Bertz CT molecular complexity index is 416. The van der Waals surface area contributed by atoms with E-state index in [4.69, 9.17) is 10.5 Å². The predicted octanol–water partition coefficient (Wildman–Crippen LogP) is 1.15. The van der Waals surface area contributed by atoms with Crippen LogP contribution in [0.1, 0.15) is 24.2 Å². The maximum Gasteiger partial charge on any atom is 0.338 e. The van der Waals surface area contributed by atoms with E-state index in [-0.39, 0.29) is 5.91 Å². The molecule has 0 fully saturated rings. The van der Waals surface area contributed by atoms with Crippen molar-refractivity contribution in [2.24, 2.45) is 5.73 Å². The molecule has 0 bridgehead atoms. The quantitative estimate of drug-likeness (QED) is 0.768. The van der Waals surface area contributed by atoms with Crippen LogP contribution in [0.25, 0.3) is 0 Å². The minimum atomic E-state index is -0.596. The van der Waals surface area contributed by atoms with Gasteiger partial charge < -0.3 is 15.8 Å². The summed E-state index contributed by atoms with van der Waals surface area (Å²) in [4.78, 5) is 22.8. The summed E-state index contributed by atoms with van der Waals surface area (Å²) in [5, 5.41) is 2.61. The van der Waals surface area contributed by atoms with Crippen LogP contribution in [-0.4, -0.2) is 24.5 Å². The van der Waals surface area contributed by atoms with E-state index in [9.17, 15) is 9.59 Å². The monoisotopic (exact) mass is 236 g/mol. The number of carbonyl (C=O) groups excluding carboxylic acids is 2. The van der Waals surface area contributed by atoms with Crippen molar-refractivity contribution >= 4 is 17.6 Å². The smallest absolute Gasteiger partial charge is 0.338 e. The molecule has 0 aliphatic carbocycles. The Hall–Kier alpha value is -1.88. The molecule has 5 heteroatoms. The van der Waals surface area contributed by atoms with Gasteiger partial charge in [0.1, 0.15) is 0 Å². The molecule has 1 aromatic carbocycles. The third kappa shape index (κ3) is 3.88. The zero-order valence-corrected chi connectivity index (χ0v) is 9.90. The molecule has 1 aromatic rings. The van der Waals surface area contributed by atoms with Crippen LogP contribution in [0.15, 0.2) is 24.3 Å². The van der Waals surface area contributed by atoms with Crippen molar-refractivity contribution in [3.8, 4) is 0 Å². The van der Waals surface area contributed by atoms with E-state index >= 15 is 0 Å². The molecule has 0 saturated carbocycles. The lowest BCUT2D eigenvalue weighted by atomic mass is 10.2. The minimum absolute atomic E-state index is 0.300. The molecule has 17 heavy (non-hydrogen) atoms. The molecular formula is C12H16N2O3. The highest BCUT2D eigenvalue weighted by atomic mass is 16.5. The topological polar surface area (TPSA) is 81.4 Å². The molecule has 3 N–H and O–H groups in total. The lowest BCUT2D eigenvalue weighted by molar-refractivity contribution is -0.117. The normalized spacial score (nSPS) is 11.7. The van der Waals surface area contributed by atoms with Crippen LogP contribution in [0.3, 0.4) is 0 Å².